The maximum atomic E-state index is 5.95. The molecule has 2 rings (SSSR count). The molecule has 0 bridgehead atoms. The Morgan fingerprint density at radius 2 is 1.18 bits per heavy atom. The molecule has 0 aliphatic carbocycles. The molecule has 2 aromatic carbocycles. The minimum atomic E-state index is -1.81. The Morgan fingerprint density at radius 1 is 0.765 bits per heavy atom. The van der Waals surface area contributed by atoms with Crippen molar-refractivity contribution in [2.75, 3.05) is 7.11 Å². The molecule has 0 atom stereocenters. The van der Waals surface area contributed by atoms with Crippen LogP contribution in [0.2, 0.25) is 52.4 Å². The van der Waals surface area contributed by atoms with E-state index >= 15 is 0 Å². The summed E-state index contributed by atoms with van der Waals surface area (Å²) in [6.45, 7) is 39.4. The maximum Gasteiger partial charge on any atom is 3.00 e. The second-order valence-corrected chi connectivity index (χ2v) is 28.1. The molecule has 0 heterocycles. The van der Waals surface area contributed by atoms with E-state index in [0.29, 0.717) is 0 Å². The number of methoxy groups -OCH3 is 1. The van der Waals surface area contributed by atoms with E-state index in [1.807, 2.05) is 7.11 Å². The Kier molecular flexibility index (Phi) is 14.7. The average Bonchev–Trinajstić information content (AvgIpc) is 2.89. The molecule has 0 unspecified atom stereocenters. The van der Waals surface area contributed by atoms with Gasteiger partial charge in [-0.05, 0) is 23.1 Å². The summed E-state index contributed by atoms with van der Waals surface area (Å²) in [7, 11) is -1.72. The van der Waals surface area contributed by atoms with Gasteiger partial charge in [0.05, 0.1) is 15.2 Å². The van der Waals surface area contributed by atoms with Crippen LogP contribution >= 0.6 is 0 Å². The molecule has 0 fully saturated rings. The number of benzene rings is 1. The molecule has 0 N–H and O–H groups in total. The van der Waals surface area contributed by atoms with E-state index in [9.17, 15) is 0 Å². The number of rotatable bonds is 3. The van der Waals surface area contributed by atoms with Gasteiger partial charge in [0.15, 0.2) is 0 Å². The van der Waals surface area contributed by atoms with Crippen molar-refractivity contribution in [3.8, 4) is 5.75 Å². The molecule has 0 aliphatic heterocycles. The van der Waals surface area contributed by atoms with Gasteiger partial charge < -0.3 is 17.8 Å². The second-order valence-electron chi connectivity index (χ2n) is 13.5. The molecule has 0 saturated carbocycles. The molecule has 0 aliphatic rings. The van der Waals surface area contributed by atoms with Crippen molar-refractivity contribution in [2.45, 2.75) is 99.3 Å². The number of ether oxygens (including phenoxy) is 1. The van der Waals surface area contributed by atoms with Crippen molar-refractivity contribution >= 4 is 34.6 Å². The molecule has 34 heavy (non-hydrogen) atoms. The summed E-state index contributed by atoms with van der Waals surface area (Å²) >= 11 is 0. The molecule has 0 amide bonds. The Hall–Kier alpha value is 0.254. The van der Waals surface area contributed by atoms with Crippen LogP contribution in [0.15, 0.2) is 24.3 Å². The zero-order valence-corrected chi connectivity index (χ0v) is 29.5. The first kappa shape index (κ1) is 36.4. The van der Waals surface area contributed by atoms with Gasteiger partial charge in [0.2, 0.25) is 0 Å². The third-order valence-corrected chi connectivity index (χ3v) is 8.44. The third kappa shape index (κ3) is 13.5. The Balaban J connectivity index is 0. The minimum absolute atomic E-state index is 0. The van der Waals surface area contributed by atoms with E-state index in [-0.39, 0.29) is 42.3 Å². The molecule has 0 saturated heterocycles. The summed E-state index contributed by atoms with van der Waals surface area (Å²) in [6, 6.07) is 9.31. The van der Waals surface area contributed by atoms with Crippen molar-refractivity contribution < 1.29 is 41.6 Å². The molecule has 0 radical (unpaired) electrons. The molecular formula is C29H53LuOSi3. The SMILES string of the molecule is COc1c(C(C)(C)C)cc(C)cc1[Si](C)(C)[c-]1cc(C)cc1C.[CH2-][Si](C)(C)C.[CH2-][Si](C)(C)C.[Lu+3]. The quantitative estimate of drug-likeness (QED) is 0.238. The number of hydrogen-bond acceptors (Lipinski definition) is 1. The van der Waals surface area contributed by atoms with Crippen LogP contribution in [-0.4, -0.2) is 31.3 Å². The molecule has 202 valence electrons. The van der Waals surface area contributed by atoms with Crippen molar-refractivity contribution in [2.24, 2.45) is 0 Å². The molecular weight excluding hydrogens is 624 g/mol. The van der Waals surface area contributed by atoms with Crippen molar-refractivity contribution in [3.05, 3.63) is 59.6 Å². The van der Waals surface area contributed by atoms with Gasteiger partial charge in [-0.15, -0.1) is 16.1 Å². The van der Waals surface area contributed by atoms with Crippen LogP contribution in [0, 0.1) is 70.7 Å². The molecule has 0 aromatic heterocycles. The molecule has 1 nitrogen and oxygen atoms in total. The van der Waals surface area contributed by atoms with E-state index in [2.05, 4.69) is 131 Å². The first-order valence-electron chi connectivity index (χ1n) is 12.1. The number of hydrogen-bond donors (Lipinski definition) is 0. The van der Waals surface area contributed by atoms with Gasteiger partial charge in [-0.3, -0.25) is 0 Å². The van der Waals surface area contributed by atoms with Gasteiger partial charge in [0.1, 0.15) is 5.75 Å². The van der Waals surface area contributed by atoms with Crippen molar-refractivity contribution in [1.82, 2.24) is 0 Å². The van der Waals surface area contributed by atoms with Crippen LogP contribution in [0.3, 0.4) is 0 Å². The Labute approximate surface area is 246 Å². The van der Waals surface area contributed by atoms with E-state index < -0.39 is 24.2 Å². The second kappa shape index (κ2) is 13.7. The standard InChI is InChI=1S/C21H31OSi.2C4H11Si.Lu/c1-14-10-16(3)18(12-14)23(8,9)19-13-15(2)11-17(20(19)22-7)21(4,5)6;2*1-5(2,3)4;/h10-13H,1-9H3;2*1H2,2-4H3;/q3*-1;+3. The minimum Gasteiger partial charge on any atom is -0.497 e. The van der Waals surface area contributed by atoms with Crippen LogP contribution in [0.25, 0.3) is 0 Å². The topological polar surface area (TPSA) is 9.23 Å². The van der Waals surface area contributed by atoms with Gasteiger partial charge in [-0.2, -0.15) is 16.8 Å². The van der Waals surface area contributed by atoms with E-state index in [1.54, 1.807) is 0 Å². The average molecular weight is 677 g/mol. The fourth-order valence-electron chi connectivity index (χ4n) is 3.64. The molecule has 5 heteroatoms. The van der Waals surface area contributed by atoms with Crippen LogP contribution < -0.4 is 15.1 Å². The summed E-state index contributed by atoms with van der Waals surface area (Å²) in [5, 5.41) is 2.94. The van der Waals surface area contributed by atoms with E-state index in [4.69, 9.17) is 4.74 Å². The van der Waals surface area contributed by atoms with Gasteiger partial charge in [0.25, 0.3) is 0 Å². The maximum absolute atomic E-state index is 5.95. The fourth-order valence-corrected chi connectivity index (χ4v) is 6.96. The monoisotopic (exact) mass is 676 g/mol. The summed E-state index contributed by atoms with van der Waals surface area (Å²) in [5.74, 6) is 1.10. The Morgan fingerprint density at radius 3 is 1.47 bits per heavy atom. The molecule has 2 aromatic rings. The Bertz CT molecular complexity index is 868. The first-order chi connectivity index (χ1) is 14.5. The summed E-state index contributed by atoms with van der Waals surface area (Å²) in [4.78, 5) is 0. The first-order valence-corrected chi connectivity index (χ1v) is 22.5. The summed E-state index contributed by atoms with van der Waals surface area (Å²) in [5.41, 5.74) is 5.50. The van der Waals surface area contributed by atoms with Crippen LogP contribution in [0.4, 0.5) is 0 Å². The van der Waals surface area contributed by atoms with Crippen molar-refractivity contribution in [3.63, 3.8) is 0 Å². The van der Waals surface area contributed by atoms with E-state index in [1.165, 1.54) is 32.6 Å². The zero-order chi connectivity index (χ0) is 26.6. The summed E-state index contributed by atoms with van der Waals surface area (Å²) in [6.07, 6.45) is 0. The van der Waals surface area contributed by atoms with Gasteiger partial charge in [-0.1, -0.05) is 105 Å². The number of aryl methyl sites for hydroxylation is 3. The van der Waals surface area contributed by atoms with Gasteiger partial charge >= 0.3 is 36.9 Å². The van der Waals surface area contributed by atoms with E-state index in [0.717, 1.165) is 5.75 Å². The fraction of sp³-hybridized carbons (Fsp3) is 0.552. The normalized spacial score (nSPS) is 12.0. The smallest absolute Gasteiger partial charge is 0.497 e. The largest absolute Gasteiger partial charge is 3.00 e. The van der Waals surface area contributed by atoms with Crippen molar-refractivity contribution in [1.29, 1.82) is 0 Å². The van der Waals surface area contributed by atoms with Crippen LogP contribution in [-0.2, 0) is 5.41 Å². The van der Waals surface area contributed by atoms with Crippen LogP contribution in [0.1, 0.15) is 43.0 Å². The predicted octanol–water partition coefficient (Wildman–Crippen LogP) is 7.86. The molecule has 0 spiro atoms. The van der Waals surface area contributed by atoms with Gasteiger partial charge in [0, 0.05) is 0 Å². The third-order valence-electron chi connectivity index (χ3n) is 4.83. The van der Waals surface area contributed by atoms with Crippen LogP contribution in [0.5, 0.6) is 5.75 Å². The van der Waals surface area contributed by atoms with Gasteiger partial charge in [-0.25, -0.2) is 11.6 Å². The summed E-state index contributed by atoms with van der Waals surface area (Å²) < 4.78 is 5.95. The zero-order valence-electron chi connectivity index (χ0n) is 24.9. The predicted molar refractivity (Wildman–Crippen MR) is 162 cm³/mol.